The highest BCUT2D eigenvalue weighted by Crippen LogP contribution is 2.12. The lowest BCUT2D eigenvalue weighted by atomic mass is 10.0. The number of aliphatic hydroxyl groups is 2. The number of hydrogen-bond acceptors (Lipinski definition) is 2. The largest absolute Gasteiger partial charge is 0.390 e. The third kappa shape index (κ3) is 12.6. The smallest absolute Gasteiger partial charge is 0.134 e. The van der Waals surface area contributed by atoms with E-state index in [9.17, 15) is 5.11 Å². The van der Waals surface area contributed by atoms with Crippen LogP contribution in [0.15, 0.2) is 0 Å². The summed E-state index contributed by atoms with van der Waals surface area (Å²) in [5, 5.41) is 18.5. The summed E-state index contributed by atoms with van der Waals surface area (Å²) in [6, 6.07) is -0.219. The molecule has 0 fully saturated rings. The van der Waals surface area contributed by atoms with Gasteiger partial charge in [-0.05, 0) is 6.42 Å². The van der Waals surface area contributed by atoms with Gasteiger partial charge < -0.3 is 15.9 Å². The molecule has 3 nitrogen and oxygen atoms in total. The summed E-state index contributed by atoms with van der Waals surface area (Å²) in [6.45, 7) is 2.24. The Morgan fingerprint density at radius 3 is 1.63 bits per heavy atom. The maximum atomic E-state index is 9.64. The number of hydrogen-bond donors (Lipinski definition) is 3. The van der Waals surface area contributed by atoms with Crippen molar-refractivity contribution < 1.29 is 15.9 Å². The Labute approximate surface area is 119 Å². The molecule has 0 aliphatic rings. The average Bonchev–Trinajstić information content (AvgIpc) is 2.43. The fraction of sp³-hybridized carbons (Fsp3) is 1.00. The summed E-state index contributed by atoms with van der Waals surface area (Å²) < 4.78 is 0. The minimum absolute atomic E-state index is 0.0147. The second-order valence-electron chi connectivity index (χ2n) is 5.83. The zero-order valence-electron chi connectivity index (χ0n) is 12.9. The van der Waals surface area contributed by atoms with E-state index in [1.165, 1.54) is 64.2 Å². The Bertz CT molecular complexity index is 176. The van der Waals surface area contributed by atoms with E-state index in [-0.39, 0.29) is 12.6 Å². The van der Waals surface area contributed by atoms with Crippen LogP contribution in [0.2, 0.25) is 0 Å². The summed E-state index contributed by atoms with van der Waals surface area (Å²) >= 11 is 0. The van der Waals surface area contributed by atoms with Crippen molar-refractivity contribution in [1.29, 1.82) is 0 Å². The predicted octanol–water partition coefficient (Wildman–Crippen LogP) is 2.65. The molecule has 116 valence electrons. The topological polar surface area (TPSA) is 68.1 Å². The Balaban J connectivity index is 3.10. The lowest BCUT2D eigenvalue weighted by molar-refractivity contribution is -0.443. The van der Waals surface area contributed by atoms with Gasteiger partial charge in [0.25, 0.3) is 0 Å². The molecule has 3 heteroatoms. The highest BCUT2D eigenvalue weighted by molar-refractivity contribution is 4.64. The van der Waals surface area contributed by atoms with Crippen molar-refractivity contribution in [3.63, 3.8) is 0 Å². The van der Waals surface area contributed by atoms with Gasteiger partial charge in [0.15, 0.2) is 0 Å². The van der Waals surface area contributed by atoms with Crippen molar-refractivity contribution in [1.82, 2.24) is 0 Å². The number of unbranched alkanes of at least 4 members (excludes halogenated alkanes) is 10. The van der Waals surface area contributed by atoms with Gasteiger partial charge in [-0.15, -0.1) is 0 Å². The standard InChI is InChI=1S/C16H35NO2/c1-2-3-4-5-6-7-8-9-10-11-12-13-16(19)15(17)14-18/h15-16,18-19H,2-14,17H2,1H3/p+1/t15-,16+/m0/s1. The van der Waals surface area contributed by atoms with E-state index in [1.807, 2.05) is 0 Å². The quantitative estimate of drug-likeness (QED) is 0.426. The molecule has 0 radical (unpaired) electrons. The maximum Gasteiger partial charge on any atom is 0.134 e. The molecule has 0 unspecified atom stereocenters. The molecule has 0 rings (SSSR count). The zero-order valence-corrected chi connectivity index (χ0v) is 12.9. The predicted molar refractivity (Wildman–Crippen MR) is 80.8 cm³/mol. The van der Waals surface area contributed by atoms with Crippen molar-refractivity contribution in [2.45, 2.75) is 96.1 Å². The van der Waals surface area contributed by atoms with Gasteiger partial charge in [0.2, 0.25) is 0 Å². The number of quaternary nitrogens is 1. The first-order valence-corrected chi connectivity index (χ1v) is 8.34. The highest BCUT2D eigenvalue weighted by atomic mass is 16.3. The molecule has 19 heavy (non-hydrogen) atoms. The van der Waals surface area contributed by atoms with Gasteiger partial charge in [-0.3, -0.25) is 0 Å². The summed E-state index contributed by atoms with van der Waals surface area (Å²) in [6.07, 6.45) is 14.9. The molecule has 0 aliphatic heterocycles. The molecule has 0 aromatic carbocycles. The van der Waals surface area contributed by atoms with Gasteiger partial charge in [-0.1, -0.05) is 77.6 Å². The van der Waals surface area contributed by atoms with Crippen molar-refractivity contribution in [3.05, 3.63) is 0 Å². The molecule has 0 aromatic heterocycles. The first-order valence-electron chi connectivity index (χ1n) is 8.34. The first-order chi connectivity index (χ1) is 9.22. The average molecular weight is 274 g/mol. The Kier molecular flexibility index (Phi) is 14.2. The molecular weight excluding hydrogens is 238 g/mol. The number of aliphatic hydroxyl groups excluding tert-OH is 2. The van der Waals surface area contributed by atoms with Crippen molar-refractivity contribution in [3.8, 4) is 0 Å². The van der Waals surface area contributed by atoms with Gasteiger partial charge in [-0.2, -0.15) is 0 Å². The molecule has 0 saturated heterocycles. The van der Waals surface area contributed by atoms with Crippen LogP contribution in [-0.4, -0.2) is 29.0 Å². The van der Waals surface area contributed by atoms with Crippen molar-refractivity contribution in [2.75, 3.05) is 6.61 Å². The van der Waals surface area contributed by atoms with E-state index in [0.29, 0.717) is 0 Å². The molecule has 0 bridgehead atoms. The summed E-state index contributed by atoms with van der Waals surface area (Å²) in [5.41, 5.74) is 3.73. The Morgan fingerprint density at radius 2 is 1.21 bits per heavy atom. The Hall–Kier alpha value is -0.120. The minimum Gasteiger partial charge on any atom is -0.390 e. The minimum atomic E-state index is -0.427. The molecule has 0 heterocycles. The van der Waals surface area contributed by atoms with E-state index >= 15 is 0 Å². The van der Waals surface area contributed by atoms with Crippen LogP contribution in [0.3, 0.4) is 0 Å². The molecule has 0 amide bonds. The molecule has 0 saturated carbocycles. The number of rotatable bonds is 14. The van der Waals surface area contributed by atoms with E-state index < -0.39 is 6.10 Å². The van der Waals surface area contributed by atoms with Crippen LogP contribution in [-0.2, 0) is 0 Å². The van der Waals surface area contributed by atoms with Crippen LogP contribution in [0.25, 0.3) is 0 Å². The van der Waals surface area contributed by atoms with E-state index in [0.717, 1.165) is 12.8 Å². The van der Waals surface area contributed by atoms with Gasteiger partial charge >= 0.3 is 0 Å². The summed E-state index contributed by atoms with van der Waals surface area (Å²) in [5.74, 6) is 0. The molecular formula is C16H36NO2+. The lowest BCUT2D eigenvalue weighted by Crippen LogP contribution is -2.68. The second kappa shape index (κ2) is 14.3. The van der Waals surface area contributed by atoms with E-state index in [1.54, 1.807) is 0 Å². The fourth-order valence-electron chi connectivity index (χ4n) is 2.38. The Morgan fingerprint density at radius 1 is 0.789 bits per heavy atom. The maximum absolute atomic E-state index is 9.64. The zero-order chi connectivity index (χ0) is 14.3. The van der Waals surface area contributed by atoms with Crippen LogP contribution >= 0.6 is 0 Å². The van der Waals surface area contributed by atoms with Gasteiger partial charge in [0, 0.05) is 0 Å². The van der Waals surface area contributed by atoms with E-state index in [2.05, 4.69) is 12.7 Å². The monoisotopic (exact) mass is 274 g/mol. The van der Waals surface area contributed by atoms with Gasteiger partial charge in [-0.25, -0.2) is 0 Å². The van der Waals surface area contributed by atoms with Crippen LogP contribution in [0.4, 0.5) is 0 Å². The third-order valence-corrected chi connectivity index (χ3v) is 3.88. The van der Waals surface area contributed by atoms with Crippen LogP contribution < -0.4 is 5.73 Å². The van der Waals surface area contributed by atoms with Crippen molar-refractivity contribution >= 4 is 0 Å². The summed E-state index contributed by atoms with van der Waals surface area (Å²) in [4.78, 5) is 0. The normalized spacial score (nSPS) is 14.5. The van der Waals surface area contributed by atoms with Crippen LogP contribution in [0, 0.1) is 0 Å². The highest BCUT2D eigenvalue weighted by Gasteiger charge is 2.15. The first kappa shape index (κ1) is 18.9. The van der Waals surface area contributed by atoms with Crippen LogP contribution in [0.5, 0.6) is 0 Å². The van der Waals surface area contributed by atoms with Gasteiger partial charge in [0.1, 0.15) is 12.1 Å². The molecule has 2 atom stereocenters. The molecule has 0 aliphatic carbocycles. The van der Waals surface area contributed by atoms with Crippen molar-refractivity contribution in [2.24, 2.45) is 0 Å². The van der Waals surface area contributed by atoms with E-state index in [4.69, 9.17) is 5.11 Å². The van der Waals surface area contributed by atoms with Gasteiger partial charge in [0.05, 0.1) is 6.61 Å². The summed E-state index contributed by atoms with van der Waals surface area (Å²) in [7, 11) is 0. The van der Waals surface area contributed by atoms with Crippen LogP contribution in [0.1, 0.15) is 84.0 Å². The molecule has 0 aromatic rings. The molecule has 0 spiro atoms. The second-order valence-corrected chi connectivity index (χ2v) is 5.83. The lowest BCUT2D eigenvalue weighted by Gasteiger charge is -2.13. The SMILES string of the molecule is CCCCCCCCCCCCC[C@@H](O)[C@@H]([NH3+])CO. The third-order valence-electron chi connectivity index (χ3n) is 3.88. The fourth-order valence-corrected chi connectivity index (χ4v) is 2.38. The molecule has 5 N–H and O–H groups in total.